The molecule has 0 saturated carbocycles. The van der Waals surface area contributed by atoms with Crippen LogP contribution in [0.25, 0.3) is 11.0 Å². The summed E-state index contributed by atoms with van der Waals surface area (Å²) in [4.78, 5) is 0. The van der Waals surface area contributed by atoms with E-state index in [9.17, 15) is 0 Å². The first kappa shape index (κ1) is 10.1. The second kappa shape index (κ2) is 3.81. The number of fused-ring (bicyclic) bond motifs is 1. The third-order valence-corrected chi connectivity index (χ3v) is 2.00. The van der Waals surface area contributed by atoms with Gasteiger partial charge in [0.2, 0.25) is 0 Å². The summed E-state index contributed by atoms with van der Waals surface area (Å²) in [6.45, 7) is 1.96. The number of halogens is 1. The fraction of sp³-hybridized carbons (Fsp3) is 0.200. The Kier molecular flexibility index (Phi) is 2.96. The predicted octanol–water partition coefficient (Wildman–Crippen LogP) is 2.87. The van der Waals surface area contributed by atoms with Crippen LogP contribution in [-0.4, -0.2) is 0 Å². The van der Waals surface area contributed by atoms with Crippen molar-refractivity contribution in [3.8, 4) is 0 Å². The number of furan rings is 1. The lowest BCUT2D eigenvalue weighted by Crippen LogP contribution is -2.03. The fourth-order valence-electron chi connectivity index (χ4n) is 1.35. The van der Waals surface area contributed by atoms with Crippen molar-refractivity contribution in [3.63, 3.8) is 0 Å². The molecule has 0 aliphatic heterocycles. The standard InChI is InChI=1S/C10H11NO.ClH/c1-7(11)9-6-12-10-5-3-2-4-8(9)10;/h2-7H,11H2,1H3;1H. The zero-order chi connectivity index (χ0) is 8.55. The van der Waals surface area contributed by atoms with E-state index in [4.69, 9.17) is 10.2 Å². The van der Waals surface area contributed by atoms with Crippen LogP contribution in [0.1, 0.15) is 18.5 Å². The summed E-state index contributed by atoms with van der Waals surface area (Å²) in [5.74, 6) is 0. The lowest BCUT2D eigenvalue weighted by atomic mass is 10.1. The van der Waals surface area contributed by atoms with Gasteiger partial charge in [0.25, 0.3) is 0 Å². The summed E-state index contributed by atoms with van der Waals surface area (Å²) in [5.41, 5.74) is 7.75. The van der Waals surface area contributed by atoms with E-state index >= 15 is 0 Å². The lowest BCUT2D eigenvalue weighted by Gasteiger charge is -1.99. The van der Waals surface area contributed by atoms with Gasteiger partial charge in [-0.15, -0.1) is 12.4 Å². The summed E-state index contributed by atoms with van der Waals surface area (Å²) in [6, 6.07) is 7.95. The molecular formula is C10H12ClNO. The molecule has 2 aromatic rings. The van der Waals surface area contributed by atoms with Gasteiger partial charge in [0.15, 0.2) is 0 Å². The van der Waals surface area contributed by atoms with Crippen LogP contribution in [0.3, 0.4) is 0 Å². The molecule has 0 fully saturated rings. The molecule has 2 nitrogen and oxygen atoms in total. The Morgan fingerprint density at radius 1 is 1.31 bits per heavy atom. The van der Waals surface area contributed by atoms with Crippen molar-refractivity contribution in [2.45, 2.75) is 13.0 Å². The largest absolute Gasteiger partial charge is 0.464 e. The molecule has 1 aromatic heterocycles. The molecule has 1 heterocycles. The molecule has 70 valence electrons. The van der Waals surface area contributed by atoms with E-state index in [1.807, 2.05) is 31.2 Å². The van der Waals surface area contributed by atoms with Crippen LogP contribution in [0.5, 0.6) is 0 Å². The molecule has 1 unspecified atom stereocenters. The maximum atomic E-state index is 5.76. The van der Waals surface area contributed by atoms with Gasteiger partial charge in [0.1, 0.15) is 5.58 Å². The Bertz CT molecular complexity index is 394. The fourth-order valence-corrected chi connectivity index (χ4v) is 1.35. The van der Waals surface area contributed by atoms with Gasteiger partial charge in [-0.05, 0) is 13.0 Å². The molecule has 0 amide bonds. The Labute approximate surface area is 83.1 Å². The molecule has 1 atom stereocenters. The van der Waals surface area contributed by atoms with E-state index in [0.717, 1.165) is 16.5 Å². The maximum Gasteiger partial charge on any atom is 0.134 e. The minimum atomic E-state index is 0. The van der Waals surface area contributed by atoms with Crippen LogP contribution >= 0.6 is 12.4 Å². The Hall–Kier alpha value is -0.990. The molecule has 0 saturated heterocycles. The second-order valence-electron chi connectivity index (χ2n) is 2.98. The van der Waals surface area contributed by atoms with Crippen molar-refractivity contribution in [1.29, 1.82) is 0 Å². The molecule has 1 aromatic carbocycles. The highest BCUT2D eigenvalue weighted by molar-refractivity contribution is 5.85. The Morgan fingerprint density at radius 2 is 2.00 bits per heavy atom. The van der Waals surface area contributed by atoms with Gasteiger partial charge in [-0.2, -0.15) is 0 Å². The molecule has 0 aliphatic carbocycles. The lowest BCUT2D eigenvalue weighted by molar-refractivity contribution is 0.605. The van der Waals surface area contributed by atoms with Gasteiger partial charge in [-0.3, -0.25) is 0 Å². The van der Waals surface area contributed by atoms with Gasteiger partial charge in [-0.1, -0.05) is 18.2 Å². The highest BCUT2D eigenvalue weighted by Gasteiger charge is 2.07. The zero-order valence-electron chi connectivity index (χ0n) is 7.36. The smallest absolute Gasteiger partial charge is 0.134 e. The van der Waals surface area contributed by atoms with Crippen molar-refractivity contribution in [2.24, 2.45) is 5.73 Å². The molecule has 0 aliphatic rings. The number of rotatable bonds is 1. The molecule has 0 bridgehead atoms. The van der Waals surface area contributed by atoms with Crippen LogP contribution in [-0.2, 0) is 0 Å². The van der Waals surface area contributed by atoms with E-state index in [-0.39, 0.29) is 18.4 Å². The van der Waals surface area contributed by atoms with E-state index in [0.29, 0.717) is 0 Å². The quantitative estimate of drug-likeness (QED) is 0.764. The molecule has 2 rings (SSSR count). The highest BCUT2D eigenvalue weighted by atomic mass is 35.5. The number of para-hydroxylation sites is 1. The molecular weight excluding hydrogens is 186 g/mol. The van der Waals surface area contributed by atoms with E-state index < -0.39 is 0 Å². The summed E-state index contributed by atoms with van der Waals surface area (Å²) in [6.07, 6.45) is 1.73. The molecule has 3 heteroatoms. The van der Waals surface area contributed by atoms with E-state index in [2.05, 4.69) is 0 Å². The summed E-state index contributed by atoms with van der Waals surface area (Å²) < 4.78 is 5.33. The maximum absolute atomic E-state index is 5.76. The second-order valence-corrected chi connectivity index (χ2v) is 2.98. The van der Waals surface area contributed by atoms with Crippen molar-refractivity contribution >= 4 is 23.4 Å². The van der Waals surface area contributed by atoms with Crippen molar-refractivity contribution < 1.29 is 4.42 Å². The van der Waals surface area contributed by atoms with E-state index in [1.165, 1.54) is 0 Å². The Morgan fingerprint density at radius 3 is 2.69 bits per heavy atom. The molecule has 0 spiro atoms. The topological polar surface area (TPSA) is 39.2 Å². The summed E-state index contributed by atoms with van der Waals surface area (Å²) in [5, 5.41) is 1.12. The van der Waals surface area contributed by atoms with Crippen LogP contribution in [0.2, 0.25) is 0 Å². The molecule has 0 radical (unpaired) electrons. The first-order valence-electron chi connectivity index (χ1n) is 4.01. The average molecular weight is 198 g/mol. The average Bonchev–Trinajstić information content (AvgIpc) is 2.47. The zero-order valence-corrected chi connectivity index (χ0v) is 8.17. The number of hydrogen-bond acceptors (Lipinski definition) is 2. The van der Waals surface area contributed by atoms with Crippen molar-refractivity contribution in [1.82, 2.24) is 0 Å². The SMILES string of the molecule is CC(N)c1coc2ccccc12.Cl. The third-order valence-electron chi connectivity index (χ3n) is 2.00. The monoisotopic (exact) mass is 197 g/mol. The number of nitrogens with two attached hydrogens (primary N) is 1. The van der Waals surface area contributed by atoms with Crippen molar-refractivity contribution in [3.05, 3.63) is 36.1 Å². The minimum Gasteiger partial charge on any atom is -0.464 e. The van der Waals surface area contributed by atoms with Gasteiger partial charge in [0.05, 0.1) is 6.26 Å². The van der Waals surface area contributed by atoms with E-state index in [1.54, 1.807) is 6.26 Å². The van der Waals surface area contributed by atoms with Gasteiger partial charge in [-0.25, -0.2) is 0 Å². The van der Waals surface area contributed by atoms with Crippen LogP contribution in [0.15, 0.2) is 34.9 Å². The number of hydrogen-bond donors (Lipinski definition) is 1. The van der Waals surface area contributed by atoms with Gasteiger partial charge in [0, 0.05) is 17.0 Å². The first-order chi connectivity index (χ1) is 5.79. The Balaban J connectivity index is 0.000000845. The van der Waals surface area contributed by atoms with Crippen LogP contribution < -0.4 is 5.73 Å². The van der Waals surface area contributed by atoms with Gasteiger partial charge < -0.3 is 10.2 Å². The summed E-state index contributed by atoms with van der Waals surface area (Å²) >= 11 is 0. The van der Waals surface area contributed by atoms with Gasteiger partial charge >= 0.3 is 0 Å². The number of benzene rings is 1. The third kappa shape index (κ3) is 1.69. The molecule has 2 N–H and O–H groups in total. The predicted molar refractivity (Wildman–Crippen MR) is 56.1 cm³/mol. The highest BCUT2D eigenvalue weighted by Crippen LogP contribution is 2.24. The van der Waals surface area contributed by atoms with Crippen LogP contribution in [0, 0.1) is 0 Å². The van der Waals surface area contributed by atoms with Crippen LogP contribution in [0.4, 0.5) is 0 Å². The first-order valence-corrected chi connectivity index (χ1v) is 4.01. The van der Waals surface area contributed by atoms with Crippen molar-refractivity contribution in [2.75, 3.05) is 0 Å². The normalized spacial score (nSPS) is 12.5. The summed E-state index contributed by atoms with van der Waals surface area (Å²) in [7, 11) is 0. The molecule has 13 heavy (non-hydrogen) atoms. The minimum absolute atomic E-state index is 0.